The lowest BCUT2D eigenvalue weighted by Gasteiger charge is -2.21. The van der Waals surface area contributed by atoms with E-state index in [0.717, 1.165) is 12.2 Å². The largest absolute Gasteiger partial charge is 0.298 e. The average Bonchev–Trinajstić information content (AvgIpc) is 2.01. The molecule has 0 aromatic heterocycles. The van der Waals surface area contributed by atoms with Crippen molar-refractivity contribution in [3.63, 3.8) is 0 Å². The molecule has 2 heteroatoms. The second-order valence-electron chi connectivity index (χ2n) is 5.46. The maximum Gasteiger partial charge on any atom is 0.146 e. The second-order valence-corrected chi connectivity index (χ2v) is 6.63. The molecule has 0 radical (unpaired) electrons. The Bertz CT molecular complexity index is 185. The first kappa shape index (κ1) is 15.0. The third kappa shape index (κ3) is 6.99. The van der Waals surface area contributed by atoms with Gasteiger partial charge in [0.1, 0.15) is 5.78 Å². The number of rotatable bonds is 7. The quantitative estimate of drug-likeness (QED) is 0.657. The van der Waals surface area contributed by atoms with Gasteiger partial charge in [-0.1, -0.05) is 41.5 Å². The van der Waals surface area contributed by atoms with E-state index in [1.165, 1.54) is 0 Å². The van der Waals surface area contributed by atoms with Crippen LogP contribution < -0.4 is 0 Å². The van der Waals surface area contributed by atoms with Crippen molar-refractivity contribution in [2.24, 2.45) is 17.8 Å². The summed E-state index contributed by atoms with van der Waals surface area (Å²) in [7, 11) is 0. The van der Waals surface area contributed by atoms with Crippen molar-refractivity contribution < 1.29 is 4.79 Å². The van der Waals surface area contributed by atoms with Gasteiger partial charge in [0.15, 0.2) is 0 Å². The zero-order valence-corrected chi connectivity index (χ0v) is 11.9. The van der Waals surface area contributed by atoms with Crippen molar-refractivity contribution in [3.05, 3.63) is 0 Å². The van der Waals surface area contributed by atoms with Crippen molar-refractivity contribution in [2.75, 3.05) is 5.75 Å². The SMILES string of the molecule is CC(C)CSC(C(=O)CC(C)C)C(C)C. The molecule has 0 aliphatic rings. The smallest absolute Gasteiger partial charge is 0.146 e. The van der Waals surface area contributed by atoms with Crippen LogP contribution in [0.3, 0.4) is 0 Å². The molecule has 0 aromatic rings. The highest BCUT2D eigenvalue weighted by atomic mass is 32.2. The number of hydrogen-bond donors (Lipinski definition) is 0. The average molecular weight is 230 g/mol. The summed E-state index contributed by atoms with van der Waals surface area (Å²) in [4.78, 5) is 12.0. The van der Waals surface area contributed by atoms with Crippen LogP contribution in [0.5, 0.6) is 0 Å². The van der Waals surface area contributed by atoms with Gasteiger partial charge in [0.2, 0.25) is 0 Å². The highest BCUT2D eigenvalue weighted by Gasteiger charge is 2.23. The molecular formula is C13H26OS. The standard InChI is InChI=1S/C13H26OS/c1-9(2)7-12(14)13(11(5)6)15-8-10(3)4/h9-11,13H,7-8H2,1-6H3. The molecule has 0 N–H and O–H groups in total. The number of ketones is 1. The lowest BCUT2D eigenvalue weighted by Crippen LogP contribution is -2.25. The van der Waals surface area contributed by atoms with E-state index < -0.39 is 0 Å². The van der Waals surface area contributed by atoms with Crippen molar-refractivity contribution in [3.8, 4) is 0 Å². The Kier molecular flexibility index (Phi) is 7.33. The number of thioether (sulfide) groups is 1. The molecule has 0 aliphatic carbocycles. The van der Waals surface area contributed by atoms with E-state index >= 15 is 0 Å². The molecule has 1 atom stereocenters. The van der Waals surface area contributed by atoms with Gasteiger partial charge in [-0.25, -0.2) is 0 Å². The molecular weight excluding hydrogens is 204 g/mol. The summed E-state index contributed by atoms with van der Waals surface area (Å²) in [5.74, 6) is 3.14. The fourth-order valence-electron chi connectivity index (χ4n) is 1.47. The molecule has 0 aromatic carbocycles. The van der Waals surface area contributed by atoms with Crippen LogP contribution in [0.4, 0.5) is 0 Å². The molecule has 1 nitrogen and oxygen atoms in total. The first-order chi connectivity index (χ1) is 6.84. The first-order valence-electron chi connectivity index (χ1n) is 5.98. The van der Waals surface area contributed by atoms with E-state index in [1.807, 2.05) is 11.8 Å². The van der Waals surface area contributed by atoms with E-state index in [-0.39, 0.29) is 5.25 Å². The number of hydrogen-bond acceptors (Lipinski definition) is 2. The van der Waals surface area contributed by atoms with Crippen molar-refractivity contribution in [2.45, 2.75) is 53.2 Å². The third-order valence-corrected chi connectivity index (χ3v) is 4.17. The van der Waals surface area contributed by atoms with Crippen LogP contribution in [0.1, 0.15) is 48.0 Å². The van der Waals surface area contributed by atoms with Crippen LogP contribution in [0.15, 0.2) is 0 Å². The van der Waals surface area contributed by atoms with Crippen LogP contribution in [0, 0.1) is 17.8 Å². The Morgan fingerprint density at radius 3 is 1.87 bits per heavy atom. The summed E-state index contributed by atoms with van der Waals surface area (Å²) in [5, 5.41) is 0.204. The van der Waals surface area contributed by atoms with Gasteiger partial charge in [-0.15, -0.1) is 0 Å². The first-order valence-corrected chi connectivity index (χ1v) is 7.03. The molecule has 0 bridgehead atoms. The summed E-state index contributed by atoms with van der Waals surface area (Å²) in [6, 6.07) is 0. The molecule has 0 aliphatic heterocycles. The van der Waals surface area contributed by atoms with Gasteiger partial charge >= 0.3 is 0 Å². The number of Topliss-reactive ketones (excluding diaryl/α,β-unsaturated/α-hetero) is 1. The minimum Gasteiger partial charge on any atom is -0.298 e. The van der Waals surface area contributed by atoms with Gasteiger partial charge in [-0.3, -0.25) is 4.79 Å². The summed E-state index contributed by atoms with van der Waals surface area (Å²) < 4.78 is 0. The lowest BCUT2D eigenvalue weighted by atomic mass is 9.99. The highest BCUT2D eigenvalue weighted by Crippen LogP contribution is 2.25. The van der Waals surface area contributed by atoms with E-state index in [9.17, 15) is 4.79 Å². The van der Waals surface area contributed by atoms with Crippen molar-refractivity contribution in [1.82, 2.24) is 0 Å². The molecule has 0 saturated carbocycles. The van der Waals surface area contributed by atoms with E-state index in [4.69, 9.17) is 0 Å². The second kappa shape index (κ2) is 7.32. The Hall–Kier alpha value is 0.0200. The zero-order chi connectivity index (χ0) is 12.0. The van der Waals surface area contributed by atoms with Crippen molar-refractivity contribution >= 4 is 17.5 Å². The molecule has 1 unspecified atom stereocenters. The summed E-state index contributed by atoms with van der Waals surface area (Å²) in [5.41, 5.74) is 0. The van der Waals surface area contributed by atoms with Crippen LogP contribution in [-0.2, 0) is 4.79 Å². The van der Waals surface area contributed by atoms with Crippen LogP contribution in [0.25, 0.3) is 0 Å². The highest BCUT2D eigenvalue weighted by molar-refractivity contribution is 8.00. The zero-order valence-electron chi connectivity index (χ0n) is 11.0. The summed E-state index contributed by atoms with van der Waals surface area (Å²) in [6.45, 7) is 12.9. The number of carbonyl (C=O) groups excluding carboxylic acids is 1. The topological polar surface area (TPSA) is 17.1 Å². The van der Waals surface area contributed by atoms with E-state index in [2.05, 4.69) is 41.5 Å². The van der Waals surface area contributed by atoms with E-state index in [0.29, 0.717) is 23.5 Å². The normalized spacial score (nSPS) is 13.9. The predicted octanol–water partition coefficient (Wildman–Crippen LogP) is 4.02. The molecule has 0 heterocycles. The molecule has 0 saturated heterocycles. The van der Waals surface area contributed by atoms with Gasteiger partial charge in [0, 0.05) is 6.42 Å². The van der Waals surface area contributed by atoms with Gasteiger partial charge in [0.05, 0.1) is 5.25 Å². The van der Waals surface area contributed by atoms with Gasteiger partial charge in [0.25, 0.3) is 0 Å². The fraction of sp³-hybridized carbons (Fsp3) is 0.923. The van der Waals surface area contributed by atoms with Crippen molar-refractivity contribution in [1.29, 1.82) is 0 Å². The maximum atomic E-state index is 12.0. The monoisotopic (exact) mass is 230 g/mol. The van der Waals surface area contributed by atoms with Gasteiger partial charge < -0.3 is 0 Å². The minimum absolute atomic E-state index is 0.204. The molecule has 0 rings (SSSR count). The Labute approximate surface area is 99.4 Å². The Morgan fingerprint density at radius 1 is 1.00 bits per heavy atom. The maximum absolute atomic E-state index is 12.0. The molecule has 0 fully saturated rings. The molecule has 15 heavy (non-hydrogen) atoms. The molecule has 90 valence electrons. The fourth-order valence-corrected chi connectivity index (χ4v) is 2.73. The molecule has 0 spiro atoms. The Morgan fingerprint density at radius 2 is 1.53 bits per heavy atom. The Balaban J connectivity index is 4.19. The number of carbonyl (C=O) groups is 1. The van der Waals surface area contributed by atoms with Crippen LogP contribution in [0.2, 0.25) is 0 Å². The summed E-state index contributed by atoms with van der Waals surface area (Å²) in [6.07, 6.45) is 0.730. The summed E-state index contributed by atoms with van der Waals surface area (Å²) >= 11 is 1.84. The lowest BCUT2D eigenvalue weighted by molar-refractivity contribution is -0.119. The van der Waals surface area contributed by atoms with Crippen LogP contribution in [-0.4, -0.2) is 16.8 Å². The van der Waals surface area contributed by atoms with Gasteiger partial charge in [-0.2, -0.15) is 11.8 Å². The van der Waals surface area contributed by atoms with Crippen LogP contribution >= 0.6 is 11.8 Å². The third-order valence-electron chi connectivity index (χ3n) is 2.14. The minimum atomic E-state index is 0.204. The molecule has 0 amide bonds. The predicted molar refractivity (Wildman–Crippen MR) is 70.4 cm³/mol. The van der Waals surface area contributed by atoms with Gasteiger partial charge in [-0.05, 0) is 23.5 Å². The van der Waals surface area contributed by atoms with E-state index in [1.54, 1.807) is 0 Å².